The Morgan fingerprint density at radius 2 is 1.95 bits per heavy atom. The first kappa shape index (κ1) is 15.6. The minimum atomic E-state index is -3.55. The fourth-order valence-corrected chi connectivity index (χ4v) is 4.29. The first-order chi connectivity index (χ1) is 10.5. The Morgan fingerprint density at radius 3 is 2.64 bits per heavy atom. The lowest BCUT2D eigenvalue weighted by molar-refractivity contribution is 0.171. The first-order valence-corrected chi connectivity index (χ1v) is 9.12. The zero-order chi connectivity index (χ0) is 15.7. The molecule has 2 aliphatic heterocycles. The van der Waals surface area contributed by atoms with Crippen molar-refractivity contribution in [2.45, 2.75) is 24.8 Å². The Morgan fingerprint density at radius 1 is 1.23 bits per heavy atom. The van der Waals surface area contributed by atoms with Crippen molar-refractivity contribution in [2.24, 2.45) is 5.92 Å². The SMILES string of the molecule is CCN1C[C@H](C)[C@H](NS(=O)(=O)c2ccc3c(c2)OCCO3)C1. The number of hydrogen-bond acceptors (Lipinski definition) is 5. The summed E-state index contributed by atoms with van der Waals surface area (Å²) in [6, 6.07) is 4.69. The van der Waals surface area contributed by atoms with Gasteiger partial charge in [0.2, 0.25) is 10.0 Å². The molecule has 122 valence electrons. The van der Waals surface area contributed by atoms with E-state index in [1.807, 2.05) is 0 Å². The van der Waals surface area contributed by atoms with Gasteiger partial charge < -0.3 is 14.4 Å². The van der Waals surface area contributed by atoms with Crippen molar-refractivity contribution in [2.75, 3.05) is 32.8 Å². The molecule has 1 fully saturated rings. The van der Waals surface area contributed by atoms with Gasteiger partial charge in [0.05, 0.1) is 4.90 Å². The van der Waals surface area contributed by atoms with Crippen molar-refractivity contribution in [3.05, 3.63) is 18.2 Å². The highest BCUT2D eigenvalue weighted by Gasteiger charge is 2.32. The highest BCUT2D eigenvalue weighted by atomic mass is 32.2. The van der Waals surface area contributed by atoms with Crippen LogP contribution in [0.1, 0.15) is 13.8 Å². The molecule has 2 aliphatic rings. The zero-order valence-electron chi connectivity index (χ0n) is 12.9. The third-order valence-electron chi connectivity index (χ3n) is 4.27. The summed E-state index contributed by atoms with van der Waals surface area (Å²) in [7, 11) is -3.55. The quantitative estimate of drug-likeness (QED) is 0.897. The van der Waals surface area contributed by atoms with Gasteiger partial charge >= 0.3 is 0 Å². The molecule has 0 aromatic heterocycles. The van der Waals surface area contributed by atoms with E-state index in [9.17, 15) is 8.42 Å². The van der Waals surface area contributed by atoms with E-state index >= 15 is 0 Å². The second-order valence-electron chi connectivity index (χ2n) is 5.86. The van der Waals surface area contributed by atoms with Crippen molar-refractivity contribution in [3.8, 4) is 11.5 Å². The molecule has 6 nitrogen and oxygen atoms in total. The number of sulfonamides is 1. The van der Waals surface area contributed by atoms with E-state index in [1.54, 1.807) is 12.1 Å². The fraction of sp³-hybridized carbons (Fsp3) is 0.600. The number of likely N-dealkylation sites (N-methyl/N-ethyl adjacent to an activating group) is 1. The highest BCUT2D eigenvalue weighted by Crippen LogP contribution is 2.32. The molecule has 0 amide bonds. The van der Waals surface area contributed by atoms with E-state index in [0.717, 1.165) is 19.6 Å². The van der Waals surface area contributed by atoms with Crippen LogP contribution in [0.25, 0.3) is 0 Å². The topological polar surface area (TPSA) is 67.9 Å². The van der Waals surface area contributed by atoms with Crippen LogP contribution in [0, 0.1) is 5.92 Å². The van der Waals surface area contributed by atoms with E-state index in [1.165, 1.54) is 6.07 Å². The minimum absolute atomic E-state index is 0.0573. The van der Waals surface area contributed by atoms with Gasteiger partial charge in [0.15, 0.2) is 11.5 Å². The number of likely N-dealkylation sites (tertiary alicyclic amines) is 1. The number of nitrogens with one attached hydrogen (secondary N) is 1. The summed E-state index contributed by atoms with van der Waals surface area (Å²) in [5.74, 6) is 1.38. The van der Waals surface area contributed by atoms with Crippen LogP contribution in [0.3, 0.4) is 0 Å². The summed E-state index contributed by atoms with van der Waals surface area (Å²) < 4.78 is 38.9. The number of benzene rings is 1. The van der Waals surface area contributed by atoms with E-state index in [4.69, 9.17) is 9.47 Å². The van der Waals surface area contributed by atoms with Crippen LogP contribution in [0.15, 0.2) is 23.1 Å². The summed E-state index contributed by atoms with van der Waals surface area (Å²) in [6.07, 6.45) is 0. The first-order valence-electron chi connectivity index (χ1n) is 7.64. The predicted octanol–water partition coefficient (Wildman–Crippen LogP) is 1.08. The van der Waals surface area contributed by atoms with Gasteiger partial charge in [0.25, 0.3) is 0 Å². The standard InChI is InChI=1S/C15H22N2O4S/c1-3-17-9-11(2)13(10-17)16-22(18,19)12-4-5-14-15(8-12)21-7-6-20-14/h4-5,8,11,13,16H,3,6-7,9-10H2,1-2H3/t11-,13+/m0/s1. The molecule has 0 spiro atoms. The molecule has 0 aliphatic carbocycles. The molecule has 0 bridgehead atoms. The number of ether oxygens (including phenoxy) is 2. The molecule has 3 rings (SSSR count). The second kappa shape index (κ2) is 6.06. The highest BCUT2D eigenvalue weighted by molar-refractivity contribution is 7.89. The van der Waals surface area contributed by atoms with Crippen molar-refractivity contribution in [3.63, 3.8) is 0 Å². The number of rotatable bonds is 4. The van der Waals surface area contributed by atoms with Gasteiger partial charge in [-0.3, -0.25) is 0 Å². The third-order valence-corrected chi connectivity index (χ3v) is 5.75. The van der Waals surface area contributed by atoms with E-state index in [0.29, 0.717) is 30.6 Å². The molecular formula is C15H22N2O4S. The minimum Gasteiger partial charge on any atom is -0.486 e. The van der Waals surface area contributed by atoms with Crippen LogP contribution in [0.2, 0.25) is 0 Å². The van der Waals surface area contributed by atoms with Crippen LogP contribution in [-0.2, 0) is 10.0 Å². The van der Waals surface area contributed by atoms with Crippen molar-refractivity contribution < 1.29 is 17.9 Å². The largest absolute Gasteiger partial charge is 0.486 e. The van der Waals surface area contributed by atoms with Gasteiger partial charge in [0.1, 0.15) is 13.2 Å². The molecule has 22 heavy (non-hydrogen) atoms. The lowest BCUT2D eigenvalue weighted by Gasteiger charge is -2.20. The second-order valence-corrected chi connectivity index (χ2v) is 7.58. The van der Waals surface area contributed by atoms with Crippen LogP contribution in [-0.4, -0.2) is 52.2 Å². The van der Waals surface area contributed by atoms with Crippen LogP contribution < -0.4 is 14.2 Å². The van der Waals surface area contributed by atoms with Crippen LogP contribution in [0.5, 0.6) is 11.5 Å². The lowest BCUT2D eigenvalue weighted by Crippen LogP contribution is -2.39. The molecule has 0 unspecified atom stereocenters. The number of hydrogen-bond donors (Lipinski definition) is 1. The Labute approximate surface area is 131 Å². The van der Waals surface area contributed by atoms with Gasteiger partial charge in [-0.05, 0) is 24.6 Å². The maximum absolute atomic E-state index is 12.6. The zero-order valence-corrected chi connectivity index (χ0v) is 13.7. The summed E-state index contributed by atoms with van der Waals surface area (Å²) in [5.41, 5.74) is 0. The monoisotopic (exact) mass is 326 g/mol. The van der Waals surface area contributed by atoms with Crippen LogP contribution >= 0.6 is 0 Å². The molecule has 1 aromatic carbocycles. The van der Waals surface area contributed by atoms with Gasteiger partial charge in [0, 0.05) is 25.2 Å². The molecule has 0 saturated carbocycles. The average Bonchev–Trinajstić information content (AvgIpc) is 2.86. The molecule has 2 heterocycles. The Hall–Kier alpha value is -1.31. The summed E-state index contributed by atoms with van der Waals surface area (Å²) in [6.45, 7) is 7.70. The molecule has 7 heteroatoms. The lowest BCUT2D eigenvalue weighted by atomic mass is 10.1. The average molecular weight is 326 g/mol. The molecule has 1 saturated heterocycles. The maximum atomic E-state index is 12.6. The molecule has 1 aromatic rings. The maximum Gasteiger partial charge on any atom is 0.241 e. The van der Waals surface area contributed by atoms with Gasteiger partial charge in [-0.15, -0.1) is 0 Å². The predicted molar refractivity (Wildman–Crippen MR) is 82.8 cm³/mol. The van der Waals surface area contributed by atoms with E-state index in [2.05, 4.69) is 23.5 Å². The van der Waals surface area contributed by atoms with Gasteiger partial charge in [-0.1, -0.05) is 13.8 Å². The van der Waals surface area contributed by atoms with E-state index < -0.39 is 10.0 Å². The van der Waals surface area contributed by atoms with Crippen molar-refractivity contribution in [1.29, 1.82) is 0 Å². The Bertz CT molecular complexity index is 647. The Balaban J connectivity index is 1.78. The molecule has 0 radical (unpaired) electrons. The van der Waals surface area contributed by atoms with E-state index in [-0.39, 0.29) is 10.9 Å². The number of fused-ring (bicyclic) bond motifs is 1. The van der Waals surface area contributed by atoms with Crippen molar-refractivity contribution in [1.82, 2.24) is 9.62 Å². The molecular weight excluding hydrogens is 304 g/mol. The summed E-state index contributed by atoms with van der Waals surface area (Å²) in [5, 5.41) is 0. The van der Waals surface area contributed by atoms with Crippen molar-refractivity contribution >= 4 is 10.0 Å². The molecule has 2 atom stereocenters. The smallest absolute Gasteiger partial charge is 0.241 e. The Kier molecular flexibility index (Phi) is 4.29. The van der Waals surface area contributed by atoms with Gasteiger partial charge in [-0.25, -0.2) is 13.1 Å². The number of nitrogens with zero attached hydrogens (tertiary/aromatic N) is 1. The summed E-state index contributed by atoms with van der Waals surface area (Å²) in [4.78, 5) is 2.47. The summed E-state index contributed by atoms with van der Waals surface area (Å²) >= 11 is 0. The van der Waals surface area contributed by atoms with Gasteiger partial charge in [-0.2, -0.15) is 0 Å². The fourth-order valence-electron chi connectivity index (χ4n) is 2.94. The molecule has 1 N–H and O–H groups in total. The van der Waals surface area contributed by atoms with Crippen LogP contribution in [0.4, 0.5) is 0 Å². The third kappa shape index (κ3) is 3.06. The normalized spacial score (nSPS) is 25.4.